The van der Waals surface area contributed by atoms with Crippen LogP contribution in [0.15, 0.2) is 60.7 Å². The molecule has 0 aliphatic heterocycles. The minimum Gasteiger partial charge on any atom is -0.355 e. The van der Waals surface area contributed by atoms with Gasteiger partial charge in [0.2, 0.25) is 0 Å². The van der Waals surface area contributed by atoms with Gasteiger partial charge < -0.3 is 4.90 Å². The van der Waals surface area contributed by atoms with Crippen LogP contribution in [-0.2, 0) is 11.9 Å². The first kappa shape index (κ1) is 14.1. The molecule has 1 heterocycles. The Morgan fingerprint density at radius 1 is 1.00 bits per heavy atom. The van der Waals surface area contributed by atoms with Crippen LogP contribution in [0.1, 0.15) is 11.1 Å². The highest BCUT2D eigenvalue weighted by Gasteiger charge is 2.11. The normalized spacial score (nSPS) is 10.8. The Morgan fingerprint density at radius 2 is 1.71 bits per heavy atom. The number of rotatable bonds is 4. The topological polar surface area (TPSA) is 16.1 Å². The highest BCUT2D eigenvalue weighted by Crippen LogP contribution is 2.25. The van der Waals surface area contributed by atoms with Crippen LogP contribution in [0.4, 0.5) is 5.82 Å². The second kappa shape index (κ2) is 6.27. The fourth-order valence-corrected chi connectivity index (χ4v) is 2.92. The molecule has 3 aromatic rings. The molecule has 0 saturated carbocycles. The van der Waals surface area contributed by atoms with Crippen molar-refractivity contribution >= 4 is 32.7 Å². The van der Waals surface area contributed by atoms with E-state index in [0.717, 1.165) is 23.2 Å². The van der Waals surface area contributed by atoms with E-state index in [1.54, 1.807) is 0 Å². The van der Waals surface area contributed by atoms with Crippen molar-refractivity contribution in [1.29, 1.82) is 0 Å². The summed E-state index contributed by atoms with van der Waals surface area (Å²) in [7, 11) is 2.09. The van der Waals surface area contributed by atoms with Gasteiger partial charge in [-0.25, -0.2) is 4.98 Å². The third-order valence-corrected chi connectivity index (χ3v) is 4.15. The van der Waals surface area contributed by atoms with Gasteiger partial charge in [0.05, 0.1) is 5.52 Å². The van der Waals surface area contributed by atoms with Crippen LogP contribution in [-0.4, -0.2) is 12.0 Å². The zero-order valence-electron chi connectivity index (χ0n) is 12.0. The molecular formula is C18H17BrN2. The number of alkyl halides is 1. The maximum Gasteiger partial charge on any atom is 0.133 e. The first-order chi connectivity index (χ1) is 10.3. The van der Waals surface area contributed by atoms with E-state index in [1.165, 1.54) is 16.5 Å². The van der Waals surface area contributed by atoms with Gasteiger partial charge in [0, 0.05) is 29.9 Å². The van der Waals surface area contributed by atoms with Gasteiger partial charge in [0.15, 0.2) is 0 Å². The predicted octanol–water partition coefficient (Wildman–Crippen LogP) is 4.77. The molecular weight excluding hydrogens is 324 g/mol. The molecule has 0 aliphatic carbocycles. The molecule has 21 heavy (non-hydrogen) atoms. The van der Waals surface area contributed by atoms with E-state index in [2.05, 4.69) is 76.4 Å². The van der Waals surface area contributed by atoms with Crippen molar-refractivity contribution < 1.29 is 0 Å². The van der Waals surface area contributed by atoms with Gasteiger partial charge in [-0.2, -0.15) is 0 Å². The van der Waals surface area contributed by atoms with Gasteiger partial charge in [0.25, 0.3) is 0 Å². The van der Waals surface area contributed by atoms with E-state index < -0.39 is 0 Å². The highest BCUT2D eigenvalue weighted by atomic mass is 79.9. The van der Waals surface area contributed by atoms with Crippen LogP contribution in [0, 0.1) is 0 Å². The summed E-state index contributed by atoms with van der Waals surface area (Å²) < 4.78 is 0. The number of para-hydroxylation sites is 1. The molecule has 0 amide bonds. The molecule has 0 N–H and O–H groups in total. The average Bonchev–Trinajstić information content (AvgIpc) is 2.54. The number of benzene rings is 2. The molecule has 0 atom stereocenters. The second-order valence-corrected chi connectivity index (χ2v) is 5.70. The van der Waals surface area contributed by atoms with Crippen LogP contribution < -0.4 is 4.90 Å². The van der Waals surface area contributed by atoms with Gasteiger partial charge in [-0.15, -0.1) is 0 Å². The molecule has 2 nitrogen and oxygen atoms in total. The summed E-state index contributed by atoms with van der Waals surface area (Å²) in [5.41, 5.74) is 3.54. The van der Waals surface area contributed by atoms with E-state index in [9.17, 15) is 0 Å². The van der Waals surface area contributed by atoms with Gasteiger partial charge in [-0.3, -0.25) is 0 Å². The number of halogens is 1. The maximum atomic E-state index is 4.84. The molecule has 3 heteroatoms. The predicted molar refractivity (Wildman–Crippen MR) is 92.9 cm³/mol. The van der Waals surface area contributed by atoms with Crippen molar-refractivity contribution in [3.05, 3.63) is 71.8 Å². The number of hydrogen-bond acceptors (Lipinski definition) is 2. The van der Waals surface area contributed by atoms with Crippen molar-refractivity contribution in [3.63, 3.8) is 0 Å². The number of aromatic nitrogens is 1. The monoisotopic (exact) mass is 340 g/mol. The molecule has 0 bridgehead atoms. The summed E-state index contributed by atoms with van der Waals surface area (Å²) in [6, 6.07) is 20.9. The lowest BCUT2D eigenvalue weighted by molar-refractivity contribution is 0.895. The zero-order valence-corrected chi connectivity index (χ0v) is 13.5. The van der Waals surface area contributed by atoms with Gasteiger partial charge in [0.1, 0.15) is 5.82 Å². The van der Waals surface area contributed by atoms with E-state index in [4.69, 9.17) is 4.98 Å². The number of hydrogen-bond donors (Lipinski definition) is 0. The highest BCUT2D eigenvalue weighted by molar-refractivity contribution is 9.08. The van der Waals surface area contributed by atoms with Crippen LogP contribution in [0.3, 0.4) is 0 Å². The number of pyridine rings is 1. The SMILES string of the molecule is CN(Cc1ccccc1)c1nc2ccccc2cc1CBr. The minimum atomic E-state index is 0.805. The van der Waals surface area contributed by atoms with Crippen molar-refractivity contribution in [1.82, 2.24) is 4.98 Å². The van der Waals surface area contributed by atoms with Crippen molar-refractivity contribution in [2.75, 3.05) is 11.9 Å². The Balaban J connectivity index is 1.98. The van der Waals surface area contributed by atoms with Crippen LogP contribution in [0.2, 0.25) is 0 Å². The molecule has 0 unspecified atom stereocenters. The summed E-state index contributed by atoms with van der Waals surface area (Å²) >= 11 is 3.58. The Morgan fingerprint density at radius 3 is 2.48 bits per heavy atom. The molecule has 0 aliphatic rings. The van der Waals surface area contributed by atoms with Crippen molar-refractivity contribution in [3.8, 4) is 0 Å². The smallest absolute Gasteiger partial charge is 0.133 e. The van der Waals surface area contributed by atoms with Crippen LogP contribution in [0.25, 0.3) is 10.9 Å². The Labute approximate surface area is 133 Å². The van der Waals surface area contributed by atoms with Gasteiger partial charge in [-0.05, 0) is 17.7 Å². The third-order valence-electron chi connectivity index (χ3n) is 3.55. The van der Waals surface area contributed by atoms with Crippen molar-refractivity contribution in [2.45, 2.75) is 11.9 Å². The second-order valence-electron chi connectivity index (χ2n) is 5.14. The zero-order chi connectivity index (χ0) is 14.7. The number of fused-ring (bicyclic) bond motifs is 1. The third kappa shape index (κ3) is 3.08. The lowest BCUT2D eigenvalue weighted by Crippen LogP contribution is -2.19. The fraction of sp³-hybridized carbons (Fsp3) is 0.167. The minimum absolute atomic E-state index is 0.805. The molecule has 1 aromatic heterocycles. The van der Waals surface area contributed by atoms with Gasteiger partial charge in [-0.1, -0.05) is 64.5 Å². The molecule has 0 saturated heterocycles. The summed E-state index contributed by atoms with van der Waals surface area (Å²) in [6.45, 7) is 0.853. The summed E-state index contributed by atoms with van der Waals surface area (Å²) in [6.07, 6.45) is 0. The average molecular weight is 341 g/mol. The molecule has 2 aromatic carbocycles. The number of anilines is 1. The van der Waals surface area contributed by atoms with Crippen LogP contribution in [0.5, 0.6) is 0 Å². The molecule has 0 radical (unpaired) electrons. The van der Waals surface area contributed by atoms with E-state index in [1.807, 2.05) is 12.1 Å². The number of nitrogens with zero attached hydrogens (tertiary/aromatic N) is 2. The van der Waals surface area contributed by atoms with Gasteiger partial charge >= 0.3 is 0 Å². The quantitative estimate of drug-likeness (QED) is 0.636. The summed E-state index contributed by atoms with van der Waals surface area (Å²) in [5, 5.41) is 1.99. The first-order valence-electron chi connectivity index (χ1n) is 6.97. The molecule has 106 valence electrons. The fourth-order valence-electron chi connectivity index (χ4n) is 2.51. The molecule has 3 rings (SSSR count). The lowest BCUT2D eigenvalue weighted by atomic mass is 10.1. The Bertz CT molecular complexity index is 741. The van der Waals surface area contributed by atoms with Crippen LogP contribution >= 0.6 is 15.9 Å². The van der Waals surface area contributed by atoms with Crippen molar-refractivity contribution in [2.24, 2.45) is 0 Å². The Hall–Kier alpha value is -1.87. The standard InChI is InChI=1S/C18H17BrN2/c1-21(13-14-7-3-2-4-8-14)18-16(12-19)11-15-9-5-6-10-17(15)20-18/h2-11H,12-13H2,1H3. The largest absolute Gasteiger partial charge is 0.355 e. The summed E-state index contributed by atoms with van der Waals surface area (Å²) in [4.78, 5) is 7.04. The first-order valence-corrected chi connectivity index (χ1v) is 8.10. The van der Waals surface area contributed by atoms with E-state index in [-0.39, 0.29) is 0 Å². The molecule has 0 spiro atoms. The van der Waals surface area contributed by atoms with E-state index in [0.29, 0.717) is 0 Å². The van der Waals surface area contributed by atoms with E-state index >= 15 is 0 Å². The molecule has 0 fully saturated rings. The lowest BCUT2D eigenvalue weighted by Gasteiger charge is -2.21. The summed E-state index contributed by atoms with van der Waals surface area (Å²) in [5.74, 6) is 1.04. The Kier molecular flexibility index (Phi) is 4.20. The maximum absolute atomic E-state index is 4.84.